The first-order chi connectivity index (χ1) is 8.35. The van der Waals surface area contributed by atoms with Gasteiger partial charge < -0.3 is 10.1 Å². The first-order valence-electron chi connectivity index (χ1n) is 5.99. The number of benzene rings is 1. The maximum absolute atomic E-state index is 11.0. The summed E-state index contributed by atoms with van der Waals surface area (Å²) in [6.07, 6.45) is 0. The third-order valence-corrected chi connectivity index (χ3v) is 2.34. The van der Waals surface area contributed by atoms with Crippen LogP contribution in [0, 0.1) is 10.1 Å². The van der Waals surface area contributed by atoms with Crippen molar-refractivity contribution < 1.29 is 9.66 Å². The van der Waals surface area contributed by atoms with E-state index in [1.165, 1.54) is 6.07 Å². The molecule has 0 amide bonds. The van der Waals surface area contributed by atoms with Gasteiger partial charge in [-0.25, -0.2) is 0 Å². The van der Waals surface area contributed by atoms with Crippen LogP contribution in [0.3, 0.4) is 0 Å². The molecule has 0 heterocycles. The van der Waals surface area contributed by atoms with Crippen molar-refractivity contribution in [2.24, 2.45) is 0 Å². The zero-order valence-electron chi connectivity index (χ0n) is 11.3. The van der Waals surface area contributed by atoms with E-state index in [-0.39, 0.29) is 16.2 Å². The summed E-state index contributed by atoms with van der Waals surface area (Å²) in [4.78, 5) is 10.6. The average molecular weight is 252 g/mol. The van der Waals surface area contributed by atoms with E-state index in [9.17, 15) is 10.1 Å². The molecule has 1 rings (SSSR count). The lowest BCUT2D eigenvalue weighted by atomic mass is 10.1. The minimum absolute atomic E-state index is 0.0897. The van der Waals surface area contributed by atoms with Gasteiger partial charge in [0.1, 0.15) is 5.69 Å². The normalized spacial score (nSPS) is 11.3. The molecule has 0 atom stereocenters. The van der Waals surface area contributed by atoms with Gasteiger partial charge in [-0.2, -0.15) is 0 Å². The lowest BCUT2D eigenvalue weighted by molar-refractivity contribution is -0.384. The molecule has 1 aromatic rings. The Kier molecular flexibility index (Phi) is 4.67. The van der Waals surface area contributed by atoms with Crippen LogP contribution in [-0.2, 0) is 11.3 Å². The number of nitrogens with zero attached hydrogens (tertiary/aromatic N) is 1. The number of hydrogen-bond acceptors (Lipinski definition) is 4. The van der Waals surface area contributed by atoms with Crippen molar-refractivity contribution in [2.45, 2.75) is 39.9 Å². The Morgan fingerprint density at radius 1 is 1.39 bits per heavy atom. The minimum atomic E-state index is -0.376. The Bertz CT molecular complexity index is 425. The number of ether oxygens (including phenoxy) is 1. The predicted octanol–water partition coefficient (Wildman–Crippen LogP) is 3.34. The monoisotopic (exact) mass is 252 g/mol. The number of nitrogens with one attached hydrogen (secondary N) is 1. The van der Waals surface area contributed by atoms with Crippen molar-refractivity contribution in [3.63, 3.8) is 0 Å². The van der Waals surface area contributed by atoms with Gasteiger partial charge in [0.2, 0.25) is 0 Å². The standard InChI is InChI=1S/C13H20N2O3/c1-5-14-12-10(9-18-13(2,3)4)7-6-8-11(12)15(16)17/h6-8,14H,5,9H2,1-4H3. The molecule has 0 fully saturated rings. The van der Waals surface area contributed by atoms with Crippen molar-refractivity contribution in [3.8, 4) is 0 Å². The molecular weight excluding hydrogens is 232 g/mol. The van der Waals surface area contributed by atoms with Gasteiger partial charge in [0.05, 0.1) is 17.1 Å². The molecule has 0 saturated carbocycles. The summed E-state index contributed by atoms with van der Waals surface area (Å²) in [5.41, 5.74) is 1.18. The maximum atomic E-state index is 11.0. The largest absolute Gasteiger partial charge is 0.379 e. The molecule has 0 radical (unpaired) electrons. The molecule has 0 aliphatic heterocycles. The molecule has 5 heteroatoms. The fourth-order valence-corrected chi connectivity index (χ4v) is 1.53. The van der Waals surface area contributed by atoms with Gasteiger partial charge >= 0.3 is 0 Å². The van der Waals surface area contributed by atoms with Crippen LogP contribution in [0.15, 0.2) is 18.2 Å². The Labute approximate surface area is 107 Å². The highest BCUT2D eigenvalue weighted by molar-refractivity contribution is 5.66. The summed E-state index contributed by atoms with van der Waals surface area (Å²) in [7, 11) is 0. The molecule has 0 aliphatic carbocycles. The third-order valence-electron chi connectivity index (χ3n) is 2.34. The van der Waals surface area contributed by atoms with Gasteiger partial charge in [-0.15, -0.1) is 0 Å². The summed E-state index contributed by atoms with van der Waals surface area (Å²) in [5.74, 6) is 0. The minimum Gasteiger partial charge on any atom is -0.379 e. The Morgan fingerprint density at radius 2 is 2.06 bits per heavy atom. The van der Waals surface area contributed by atoms with Crippen LogP contribution >= 0.6 is 0 Å². The van der Waals surface area contributed by atoms with Crippen molar-refractivity contribution in [1.29, 1.82) is 0 Å². The van der Waals surface area contributed by atoms with E-state index in [4.69, 9.17) is 4.74 Å². The SMILES string of the molecule is CCNc1c(COC(C)(C)C)cccc1[N+](=O)[O-]. The summed E-state index contributed by atoms with van der Waals surface area (Å²) >= 11 is 0. The van der Waals surface area contributed by atoms with Crippen LogP contribution in [0.1, 0.15) is 33.3 Å². The summed E-state index contributed by atoms with van der Waals surface area (Å²) < 4.78 is 5.67. The first-order valence-corrected chi connectivity index (χ1v) is 5.99. The molecule has 5 nitrogen and oxygen atoms in total. The second kappa shape index (κ2) is 5.82. The number of rotatable bonds is 5. The van der Waals surface area contributed by atoms with Crippen molar-refractivity contribution in [2.75, 3.05) is 11.9 Å². The van der Waals surface area contributed by atoms with E-state index in [1.807, 2.05) is 33.8 Å². The topological polar surface area (TPSA) is 64.4 Å². The highest BCUT2D eigenvalue weighted by atomic mass is 16.6. The van der Waals surface area contributed by atoms with Crippen molar-refractivity contribution >= 4 is 11.4 Å². The predicted molar refractivity (Wildman–Crippen MR) is 71.8 cm³/mol. The highest BCUT2D eigenvalue weighted by Crippen LogP contribution is 2.29. The molecule has 0 spiro atoms. The van der Waals surface area contributed by atoms with E-state index < -0.39 is 0 Å². The van der Waals surface area contributed by atoms with E-state index in [2.05, 4.69) is 5.32 Å². The zero-order valence-corrected chi connectivity index (χ0v) is 11.3. The highest BCUT2D eigenvalue weighted by Gasteiger charge is 2.18. The van der Waals surface area contributed by atoms with Gasteiger partial charge in [0.25, 0.3) is 5.69 Å². The van der Waals surface area contributed by atoms with Gasteiger partial charge in [-0.05, 0) is 27.7 Å². The molecule has 0 bridgehead atoms. The number of nitro groups is 1. The molecule has 0 unspecified atom stereocenters. The van der Waals surface area contributed by atoms with E-state index in [1.54, 1.807) is 6.07 Å². The summed E-state index contributed by atoms with van der Waals surface area (Å²) in [6, 6.07) is 5.02. The van der Waals surface area contributed by atoms with Crippen LogP contribution in [0.25, 0.3) is 0 Å². The van der Waals surface area contributed by atoms with Gasteiger partial charge in [-0.3, -0.25) is 10.1 Å². The molecule has 0 aliphatic rings. The fraction of sp³-hybridized carbons (Fsp3) is 0.538. The lowest BCUT2D eigenvalue weighted by Crippen LogP contribution is -2.19. The molecule has 0 saturated heterocycles. The number of hydrogen-bond donors (Lipinski definition) is 1. The third kappa shape index (κ3) is 4.00. The van der Waals surface area contributed by atoms with Gasteiger partial charge in [0, 0.05) is 18.2 Å². The van der Waals surface area contributed by atoms with Crippen molar-refractivity contribution in [3.05, 3.63) is 33.9 Å². The zero-order chi connectivity index (χ0) is 13.8. The summed E-state index contributed by atoms with van der Waals surface area (Å²) in [5, 5.41) is 14.0. The quantitative estimate of drug-likeness (QED) is 0.644. The maximum Gasteiger partial charge on any atom is 0.292 e. The molecule has 1 N–H and O–H groups in total. The molecular formula is C13H20N2O3. The molecule has 100 valence electrons. The van der Waals surface area contributed by atoms with Gasteiger partial charge in [-0.1, -0.05) is 12.1 Å². The first kappa shape index (κ1) is 14.4. The molecule has 0 aromatic heterocycles. The van der Waals surface area contributed by atoms with Crippen molar-refractivity contribution in [1.82, 2.24) is 0 Å². The number of nitro benzene ring substituents is 1. The number of anilines is 1. The fourth-order valence-electron chi connectivity index (χ4n) is 1.53. The van der Waals surface area contributed by atoms with Crippen LogP contribution in [0.5, 0.6) is 0 Å². The van der Waals surface area contributed by atoms with Crippen LogP contribution in [0.2, 0.25) is 0 Å². The smallest absolute Gasteiger partial charge is 0.292 e. The molecule has 18 heavy (non-hydrogen) atoms. The second-order valence-electron chi connectivity index (χ2n) is 5.00. The van der Waals surface area contributed by atoms with E-state index >= 15 is 0 Å². The Hall–Kier alpha value is -1.62. The van der Waals surface area contributed by atoms with Crippen LogP contribution < -0.4 is 5.32 Å². The lowest BCUT2D eigenvalue weighted by Gasteiger charge is -2.20. The second-order valence-corrected chi connectivity index (χ2v) is 5.00. The Balaban J connectivity index is 3.02. The summed E-state index contributed by atoms with van der Waals surface area (Å²) in [6.45, 7) is 8.76. The van der Waals surface area contributed by atoms with Crippen LogP contribution in [0.4, 0.5) is 11.4 Å². The average Bonchev–Trinajstić information content (AvgIpc) is 2.26. The van der Waals surface area contributed by atoms with E-state index in [0.29, 0.717) is 18.8 Å². The van der Waals surface area contributed by atoms with E-state index in [0.717, 1.165) is 5.56 Å². The molecule has 1 aromatic carbocycles. The number of para-hydroxylation sites is 1. The van der Waals surface area contributed by atoms with Gasteiger partial charge in [0.15, 0.2) is 0 Å². The Morgan fingerprint density at radius 3 is 2.56 bits per heavy atom. The van der Waals surface area contributed by atoms with Crippen LogP contribution in [-0.4, -0.2) is 17.1 Å².